The maximum atomic E-state index is 11.5. The van der Waals surface area contributed by atoms with Crippen LogP contribution in [0.4, 0.5) is 5.69 Å². The van der Waals surface area contributed by atoms with Crippen LogP contribution in [0, 0.1) is 0 Å². The van der Waals surface area contributed by atoms with Gasteiger partial charge in [-0.1, -0.05) is 12.1 Å². The highest BCUT2D eigenvalue weighted by molar-refractivity contribution is 6.27. The minimum absolute atomic E-state index is 0.0913. The van der Waals surface area contributed by atoms with Crippen molar-refractivity contribution in [1.29, 1.82) is 0 Å². The number of carbonyl (C=O) groups excluding carboxylic acids is 3. The molecule has 1 aromatic carbocycles. The summed E-state index contributed by atoms with van der Waals surface area (Å²) in [6.45, 7) is 1.36. The van der Waals surface area contributed by atoms with Gasteiger partial charge in [0.25, 0.3) is 0 Å². The van der Waals surface area contributed by atoms with Crippen molar-refractivity contribution < 1.29 is 14.4 Å². The van der Waals surface area contributed by atoms with E-state index in [0.717, 1.165) is 0 Å². The van der Waals surface area contributed by atoms with Crippen LogP contribution in [0.2, 0.25) is 0 Å². The van der Waals surface area contributed by atoms with E-state index in [9.17, 15) is 14.4 Å². The van der Waals surface area contributed by atoms with Crippen LogP contribution < -0.4 is 5.32 Å². The van der Waals surface area contributed by atoms with Gasteiger partial charge in [0.15, 0.2) is 11.6 Å². The van der Waals surface area contributed by atoms with Crippen molar-refractivity contribution in [2.45, 2.75) is 13.3 Å². The largest absolute Gasteiger partial charge is 0.326 e. The quantitative estimate of drug-likeness (QED) is 0.702. The van der Waals surface area contributed by atoms with E-state index in [4.69, 9.17) is 0 Å². The molecule has 0 spiro atoms. The number of anilines is 1. The summed E-state index contributed by atoms with van der Waals surface area (Å²) in [6, 6.07) is 4.88. The summed E-state index contributed by atoms with van der Waals surface area (Å²) in [4.78, 5) is 33.8. The van der Waals surface area contributed by atoms with Crippen LogP contribution in [-0.2, 0) is 4.79 Å². The van der Waals surface area contributed by atoms with Crippen molar-refractivity contribution in [3.05, 3.63) is 29.3 Å². The molecule has 1 aliphatic rings. The molecule has 4 heteroatoms. The predicted molar refractivity (Wildman–Crippen MR) is 54.0 cm³/mol. The van der Waals surface area contributed by atoms with Crippen LogP contribution in [0.1, 0.15) is 34.1 Å². The third-order valence-corrected chi connectivity index (χ3v) is 2.28. The fourth-order valence-electron chi connectivity index (χ4n) is 1.71. The molecule has 0 atom stereocenters. The highest BCUT2D eigenvalue weighted by Gasteiger charge is 2.29. The Bertz CT molecular complexity index is 477. The van der Waals surface area contributed by atoms with E-state index < -0.39 is 0 Å². The van der Waals surface area contributed by atoms with Gasteiger partial charge in [-0.05, 0) is 6.07 Å². The highest BCUT2D eigenvalue weighted by Crippen LogP contribution is 2.28. The molecule has 1 N–H and O–H groups in total. The summed E-state index contributed by atoms with van der Waals surface area (Å²) in [5.74, 6) is -0.655. The van der Waals surface area contributed by atoms with Gasteiger partial charge < -0.3 is 5.32 Å². The Kier molecular flexibility index (Phi) is 2.11. The number of nitrogens with one attached hydrogen (secondary N) is 1. The van der Waals surface area contributed by atoms with Gasteiger partial charge in [0, 0.05) is 12.5 Å². The Labute approximate surface area is 86.3 Å². The number of benzene rings is 1. The van der Waals surface area contributed by atoms with Crippen molar-refractivity contribution in [3.8, 4) is 0 Å². The normalized spacial score (nSPS) is 13.9. The molecule has 1 aromatic rings. The standard InChI is InChI=1S/C11H9NO3/c1-6(13)12-8-4-2-3-7-9(14)5-10(15)11(7)8/h2-4H,5H2,1H3,(H,12,13). The molecule has 0 saturated carbocycles. The first kappa shape index (κ1) is 9.58. The number of amides is 1. The number of ketones is 2. The fourth-order valence-corrected chi connectivity index (χ4v) is 1.71. The average molecular weight is 203 g/mol. The first-order chi connectivity index (χ1) is 7.09. The lowest BCUT2D eigenvalue weighted by atomic mass is 10.1. The average Bonchev–Trinajstić information content (AvgIpc) is 2.43. The van der Waals surface area contributed by atoms with E-state index >= 15 is 0 Å². The highest BCUT2D eigenvalue weighted by atomic mass is 16.2. The van der Waals surface area contributed by atoms with Crippen molar-refractivity contribution in [1.82, 2.24) is 0 Å². The SMILES string of the molecule is CC(=O)Nc1cccc2c1C(=O)CC2=O. The minimum atomic E-state index is -0.254. The molecule has 0 saturated heterocycles. The molecule has 4 nitrogen and oxygen atoms in total. The van der Waals surface area contributed by atoms with Crippen LogP contribution in [0.15, 0.2) is 18.2 Å². The predicted octanol–water partition coefficient (Wildman–Crippen LogP) is 1.41. The van der Waals surface area contributed by atoms with E-state index in [2.05, 4.69) is 5.32 Å². The molecule has 0 aromatic heterocycles. The van der Waals surface area contributed by atoms with Gasteiger partial charge in [-0.2, -0.15) is 0 Å². The zero-order valence-electron chi connectivity index (χ0n) is 8.16. The van der Waals surface area contributed by atoms with E-state index in [-0.39, 0.29) is 23.9 Å². The Morgan fingerprint density at radius 1 is 1.27 bits per heavy atom. The monoisotopic (exact) mass is 203 g/mol. The van der Waals surface area contributed by atoms with Gasteiger partial charge in [-0.25, -0.2) is 0 Å². The minimum Gasteiger partial charge on any atom is -0.326 e. The van der Waals surface area contributed by atoms with Crippen LogP contribution in [0.25, 0.3) is 0 Å². The lowest BCUT2D eigenvalue weighted by molar-refractivity contribution is -0.114. The lowest BCUT2D eigenvalue weighted by Gasteiger charge is -2.06. The molecular formula is C11H9NO3. The first-order valence-electron chi connectivity index (χ1n) is 4.56. The smallest absolute Gasteiger partial charge is 0.221 e. The van der Waals surface area contributed by atoms with Crippen molar-refractivity contribution >= 4 is 23.2 Å². The van der Waals surface area contributed by atoms with E-state index in [1.54, 1.807) is 18.2 Å². The maximum absolute atomic E-state index is 11.5. The molecule has 0 bridgehead atoms. The fraction of sp³-hybridized carbons (Fsp3) is 0.182. The maximum Gasteiger partial charge on any atom is 0.221 e. The number of hydrogen-bond acceptors (Lipinski definition) is 3. The zero-order chi connectivity index (χ0) is 11.0. The molecule has 15 heavy (non-hydrogen) atoms. The Hall–Kier alpha value is -1.97. The van der Waals surface area contributed by atoms with Gasteiger partial charge >= 0.3 is 0 Å². The van der Waals surface area contributed by atoms with Gasteiger partial charge in [-0.15, -0.1) is 0 Å². The molecule has 0 unspecified atom stereocenters. The summed E-state index contributed by atoms with van der Waals surface area (Å²) in [6.07, 6.45) is -0.0913. The number of carbonyl (C=O) groups is 3. The van der Waals surface area contributed by atoms with E-state index in [1.165, 1.54) is 6.92 Å². The van der Waals surface area contributed by atoms with Gasteiger partial charge in [-0.3, -0.25) is 14.4 Å². The second kappa shape index (κ2) is 3.31. The Morgan fingerprint density at radius 2 is 2.00 bits per heavy atom. The molecule has 2 rings (SSSR count). The summed E-state index contributed by atoms with van der Waals surface area (Å²) < 4.78 is 0. The van der Waals surface area contributed by atoms with Gasteiger partial charge in [0.2, 0.25) is 5.91 Å². The van der Waals surface area contributed by atoms with Crippen molar-refractivity contribution in [2.75, 3.05) is 5.32 Å². The molecule has 1 aliphatic carbocycles. The molecule has 0 fully saturated rings. The number of rotatable bonds is 1. The summed E-state index contributed by atoms with van der Waals surface area (Å²) in [5, 5.41) is 2.54. The van der Waals surface area contributed by atoms with E-state index in [1.807, 2.05) is 0 Å². The van der Waals surface area contributed by atoms with Gasteiger partial charge in [0.05, 0.1) is 17.7 Å². The molecule has 0 heterocycles. The summed E-state index contributed by atoms with van der Waals surface area (Å²) in [7, 11) is 0. The number of hydrogen-bond donors (Lipinski definition) is 1. The van der Waals surface area contributed by atoms with Gasteiger partial charge in [0.1, 0.15) is 0 Å². The molecule has 76 valence electrons. The van der Waals surface area contributed by atoms with Crippen LogP contribution in [0.5, 0.6) is 0 Å². The third-order valence-electron chi connectivity index (χ3n) is 2.28. The van der Waals surface area contributed by atoms with Crippen LogP contribution in [0.3, 0.4) is 0 Å². The van der Waals surface area contributed by atoms with Crippen molar-refractivity contribution in [3.63, 3.8) is 0 Å². The molecule has 1 amide bonds. The lowest BCUT2D eigenvalue weighted by Crippen LogP contribution is -2.09. The Morgan fingerprint density at radius 3 is 2.67 bits per heavy atom. The molecular weight excluding hydrogens is 194 g/mol. The topological polar surface area (TPSA) is 63.2 Å². The third kappa shape index (κ3) is 1.54. The second-order valence-electron chi connectivity index (χ2n) is 3.43. The molecule has 0 aliphatic heterocycles. The first-order valence-corrected chi connectivity index (χ1v) is 4.56. The summed E-state index contributed by atoms with van der Waals surface area (Å²) >= 11 is 0. The Balaban J connectivity index is 2.55. The van der Waals surface area contributed by atoms with Crippen LogP contribution in [-0.4, -0.2) is 17.5 Å². The number of Topliss-reactive ketones (excluding diaryl/α,β-unsaturated/α-hetero) is 2. The van der Waals surface area contributed by atoms with Crippen LogP contribution >= 0.6 is 0 Å². The molecule has 0 radical (unpaired) electrons. The summed E-state index contributed by atoms with van der Waals surface area (Å²) in [5.41, 5.74) is 1.18. The van der Waals surface area contributed by atoms with Crippen molar-refractivity contribution in [2.24, 2.45) is 0 Å². The zero-order valence-corrected chi connectivity index (χ0v) is 8.16. The van der Waals surface area contributed by atoms with E-state index in [0.29, 0.717) is 16.8 Å². The number of fused-ring (bicyclic) bond motifs is 1. The second-order valence-corrected chi connectivity index (χ2v) is 3.43.